The van der Waals surface area contributed by atoms with Gasteiger partial charge in [0.1, 0.15) is 12.4 Å². The fourth-order valence-corrected chi connectivity index (χ4v) is 4.54. The number of hydrogen-bond donors (Lipinski definition) is 0. The van der Waals surface area contributed by atoms with Crippen molar-refractivity contribution in [1.82, 2.24) is 19.9 Å². The highest BCUT2D eigenvalue weighted by Crippen LogP contribution is 2.08. The van der Waals surface area contributed by atoms with Gasteiger partial charge in [0.25, 0.3) is 0 Å². The lowest BCUT2D eigenvalue weighted by Crippen LogP contribution is -2.28. The van der Waals surface area contributed by atoms with Crippen LogP contribution in [0, 0.1) is 0 Å². The zero-order chi connectivity index (χ0) is 38.3. The van der Waals surface area contributed by atoms with Crippen LogP contribution in [0.3, 0.4) is 0 Å². The number of amides is 1. The Morgan fingerprint density at radius 1 is 0.481 bits per heavy atom. The number of ether oxygens (including phenoxy) is 13. The van der Waals surface area contributed by atoms with Crippen LogP contribution in [-0.2, 0) is 79.5 Å². The highest BCUT2D eigenvalue weighted by Gasteiger charge is 2.19. The van der Waals surface area contributed by atoms with E-state index in [0.717, 1.165) is 18.7 Å². The smallest absolute Gasteiger partial charge is 0.222 e. The third kappa shape index (κ3) is 30.3. The molecule has 0 radical (unpaired) electrons. The lowest BCUT2D eigenvalue weighted by atomic mass is 10.4. The van der Waals surface area contributed by atoms with Crippen LogP contribution in [-0.4, -0.2) is 211 Å². The summed E-state index contributed by atoms with van der Waals surface area (Å²) in [6.07, 6.45) is 3.44. The van der Waals surface area contributed by atoms with Crippen molar-refractivity contribution in [3.05, 3.63) is 11.9 Å². The quantitative estimate of drug-likeness (QED) is 0.0843. The van der Waals surface area contributed by atoms with Gasteiger partial charge in [-0.1, -0.05) is 5.21 Å². The summed E-state index contributed by atoms with van der Waals surface area (Å²) in [7, 11) is 0. The van der Waals surface area contributed by atoms with Crippen LogP contribution >= 0.6 is 0 Å². The molecular weight excluding hydrogens is 719 g/mol. The Morgan fingerprint density at radius 3 is 1.20 bits per heavy atom. The van der Waals surface area contributed by atoms with Crippen LogP contribution in [0.2, 0.25) is 0 Å². The van der Waals surface area contributed by atoms with E-state index in [1.807, 2.05) is 11.1 Å². The first-order valence-electron chi connectivity index (χ1n) is 19.0. The summed E-state index contributed by atoms with van der Waals surface area (Å²) in [5.41, 5.74) is 0.738. The normalized spacial score (nSPS) is 13.2. The molecule has 0 saturated carbocycles. The van der Waals surface area contributed by atoms with Crippen LogP contribution in [0.1, 0.15) is 18.5 Å². The van der Waals surface area contributed by atoms with Crippen LogP contribution in [0.5, 0.6) is 0 Å². The van der Waals surface area contributed by atoms with Crippen molar-refractivity contribution < 1.29 is 70.8 Å². The molecule has 0 spiro atoms. The molecule has 0 N–H and O–H groups in total. The Bertz CT molecular complexity index is 958. The largest absolute Gasteiger partial charge is 0.377 e. The molecular formula is C35H65FN4O14. The SMILES string of the molecule is O=C1CCCN1CCOCCOCCOCCOCCOCCOCc1cn(CCOCCOCCOCCOCCOCCOCCOCCF)nn1. The Morgan fingerprint density at radius 2 is 0.833 bits per heavy atom. The van der Waals surface area contributed by atoms with Crippen LogP contribution in [0.4, 0.5) is 4.39 Å². The number of aromatic nitrogens is 3. The molecule has 1 aliphatic heterocycles. The Labute approximate surface area is 319 Å². The van der Waals surface area contributed by atoms with Gasteiger partial charge in [-0.05, 0) is 6.42 Å². The first kappa shape index (κ1) is 48.2. The van der Waals surface area contributed by atoms with E-state index in [4.69, 9.17) is 61.6 Å². The van der Waals surface area contributed by atoms with Gasteiger partial charge in [0, 0.05) is 19.5 Å². The van der Waals surface area contributed by atoms with E-state index >= 15 is 0 Å². The van der Waals surface area contributed by atoms with Crippen LogP contribution in [0.15, 0.2) is 6.20 Å². The molecule has 1 aliphatic rings. The van der Waals surface area contributed by atoms with Crippen LogP contribution in [0.25, 0.3) is 0 Å². The summed E-state index contributed by atoms with van der Waals surface area (Å²) in [6.45, 7) is 13.5. The van der Waals surface area contributed by atoms with E-state index < -0.39 is 6.67 Å². The summed E-state index contributed by atoms with van der Waals surface area (Å²) in [4.78, 5) is 13.4. The number of hydrogen-bond acceptors (Lipinski definition) is 16. The third-order valence-electron chi connectivity index (χ3n) is 7.29. The monoisotopic (exact) mass is 784 g/mol. The zero-order valence-electron chi connectivity index (χ0n) is 32.1. The minimum absolute atomic E-state index is 0.107. The number of rotatable bonds is 43. The molecule has 0 aromatic carbocycles. The highest BCUT2D eigenvalue weighted by molar-refractivity contribution is 5.78. The molecule has 1 fully saturated rings. The van der Waals surface area contributed by atoms with Crippen LogP contribution < -0.4 is 0 Å². The zero-order valence-corrected chi connectivity index (χ0v) is 32.1. The van der Waals surface area contributed by atoms with Gasteiger partial charge in [-0.25, -0.2) is 9.07 Å². The first-order chi connectivity index (χ1) is 26.8. The van der Waals surface area contributed by atoms with Gasteiger partial charge in [0.2, 0.25) is 5.91 Å². The van der Waals surface area contributed by atoms with E-state index in [0.29, 0.717) is 185 Å². The molecule has 1 amide bonds. The number of likely N-dealkylation sites (tertiary alicyclic amines) is 1. The van der Waals surface area contributed by atoms with E-state index in [-0.39, 0.29) is 12.5 Å². The van der Waals surface area contributed by atoms with Crippen molar-refractivity contribution in [1.29, 1.82) is 0 Å². The van der Waals surface area contributed by atoms with Crippen molar-refractivity contribution in [2.45, 2.75) is 26.0 Å². The minimum Gasteiger partial charge on any atom is -0.377 e. The molecule has 0 aliphatic carbocycles. The van der Waals surface area contributed by atoms with Crippen molar-refractivity contribution in [2.24, 2.45) is 0 Å². The van der Waals surface area contributed by atoms with Gasteiger partial charge < -0.3 is 66.5 Å². The van der Waals surface area contributed by atoms with E-state index in [1.165, 1.54) is 0 Å². The topological polar surface area (TPSA) is 171 Å². The maximum atomic E-state index is 11.9. The van der Waals surface area contributed by atoms with E-state index in [1.54, 1.807) is 4.68 Å². The second-order valence-corrected chi connectivity index (χ2v) is 11.5. The van der Waals surface area contributed by atoms with Crippen molar-refractivity contribution in [3.8, 4) is 0 Å². The molecule has 2 heterocycles. The molecule has 54 heavy (non-hydrogen) atoms. The summed E-state index contributed by atoms with van der Waals surface area (Å²) < 4.78 is 84.4. The van der Waals surface area contributed by atoms with Crippen molar-refractivity contribution in [2.75, 3.05) is 185 Å². The maximum absolute atomic E-state index is 11.9. The average Bonchev–Trinajstić information content (AvgIpc) is 3.82. The molecule has 0 bridgehead atoms. The van der Waals surface area contributed by atoms with Gasteiger partial charge in [-0.2, -0.15) is 0 Å². The Kier molecular flexibility index (Phi) is 33.8. The van der Waals surface area contributed by atoms with Gasteiger partial charge in [0.05, 0.1) is 185 Å². The summed E-state index contributed by atoms with van der Waals surface area (Å²) >= 11 is 0. The molecule has 19 heteroatoms. The lowest BCUT2D eigenvalue weighted by Gasteiger charge is -2.15. The van der Waals surface area contributed by atoms with Gasteiger partial charge in [-0.3, -0.25) is 4.79 Å². The minimum atomic E-state index is -0.480. The van der Waals surface area contributed by atoms with Gasteiger partial charge in [-0.15, -0.1) is 5.10 Å². The number of halogens is 1. The summed E-state index contributed by atoms with van der Waals surface area (Å²) in [5.74, 6) is 0.220. The number of nitrogens with zero attached hydrogens (tertiary/aromatic N) is 4. The second kappa shape index (κ2) is 37.9. The second-order valence-electron chi connectivity index (χ2n) is 11.5. The average molecular weight is 785 g/mol. The summed E-state index contributed by atoms with van der Waals surface area (Å²) in [5, 5.41) is 8.21. The molecule has 316 valence electrons. The molecule has 0 atom stereocenters. The molecule has 2 rings (SSSR count). The molecule has 1 aromatic heterocycles. The fraction of sp³-hybridized carbons (Fsp3) is 0.914. The van der Waals surface area contributed by atoms with Crippen molar-refractivity contribution >= 4 is 5.91 Å². The molecule has 18 nitrogen and oxygen atoms in total. The maximum Gasteiger partial charge on any atom is 0.222 e. The fourth-order valence-electron chi connectivity index (χ4n) is 4.54. The predicted octanol–water partition coefficient (Wildman–Crippen LogP) is 0.586. The standard InChI is InChI=1S/C35H65FN4O14/c36-3-7-42-10-13-45-16-19-48-22-24-51-25-23-50-21-18-47-15-12-44-9-6-40-32-34(37-38-40)33-54-31-30-53-29-28-52-27-26-49-20-17-46-14-11-43-8-5-39-4-1-2-35(39)41/h32H,1-31,33H2. The number of carbonyl (C=O) groups is 1. The van der Waals surface area contributed by atoms with E-state index in [2.05, 4.69) is 10.3 Å². The van der Waals surface area contributed by atoms with Crippen molar-refractivity contribution in [3.63, 3.8) is 0 Å². The van der Waals surface area contributed by atoms with Gasteiger partial charge >= 0.3 is 0 Å². The predicted molar refractivity (Wildman–Crippen MR) is 191 cm³/mol. The molecule has 0 unspecified atom stereocenters. The molecule has 1 aromatic rings. The summed E-state index contributed by atoms with van der Waals surface area (Å²) in [6, 6.07) is 0. The number of alkyl halides is 1. The lowest BCUT2D eigenvalue weighted by molar-refractivity contribution is -0.128. The first-order valence-corrected chi connectivity index (χ1v) is 19.0. The Hall–Kier alpha value is -1.98. The van der Waals surface area contributed by atoms with E-state index in [9.17, 15) is 9.18 Å². The van der Waals surface area contributed by atoms with Gasteiger partial charge in [0.15, 0.2) is 0 Å². The Balaban J connectivity index is 1.20. The molecule has 1 saturated heterocycles. The number of carbonyl (C=O) groups excluding carboxylic acids is 1. The highest BCUT2D eigenvalue weighted by atomic mass is 19.1. The third-order valence-corrected chi connectivity index (χ3v) is 7.29.